The molecule has 1 aliphatic heterocycles. The van der Waals surface area contributed by atoms with E-state index in [1.54, 1.807) is 13.2 Å². The molecule has 0 spiro atoms. The summed E-state index contributed by atoms with van der Waals surface area (Å²) in [6.45, 7) is -0.389. The maximum atomic E-state index is 12.7. The van der Waals surface area contributed by atoms with Gasteiger partial charge < -0.3 is 15.2 Å². The van der Waals surface area contributed by atoms with Crippen molar-refractivity contribution in [2.75, 3.05) is 20.3 Å². The molecule has 0 radical (unpaired) electrons. The van der Waals surface area contributed by atoms with Crippen molar-refractivity contribution in [3.63, 3.8) is 0 Å². The van der Waals surface area contributed by atoms with Crippen LogP contribution in [0.5, 0.6) is 5.75 Å². The van der Waals surface area contributed by atoms with Gasteiger partial charge in [-0.1, -0.05) is 66.4 Å². The van der Waals surface area contributed by atoms with Gasteiger partial charge in [0.15, 0.2) is 0 Å². The summed E-state index contributed by atoms with van der Waals surface area (Å²) in [6.07, 6.45) is 2.23. The summed E-state index contributed by atoms with van der Waals surface area (Å²) in [5, 5.41) is 12.4. The molecular weight excluding hydrogens is 420 g/mol. The third-order valence-electron chi connectivity index (χ3n) is 4.48. The Morgan fingerprint density at radius 1 is 1.27 bits per heavy atom. The van der Waals surface area contributed by atoms with Crippen LogP contribution in [-0.2, 0) is 16.0 Å². The zero-order valence-corrected chi connectivity index (χ0v) is 18.0. The van der Waals surface area contributed by atoms with Crippen molar-refractivity contribution < 1.29 is 19.4 Å². The van der Waals surface area contributed by atoms with E-state index in [0.717, 1.165) is 22.9 Å². The molecule has 3 rings (SSSR count). The summed E-state index contributed by atoms with van der Waals surface area (Å²) in [6, 6.07) is 16.5. The van der Waals surface area contributed by atoms with Crippen LogP contribution in [0, 0.1) is 0 Å². The van der Waals surface area contributed by atoms with E-state index >= 15 is 0 Å². The Hall–Kier alpha value is -2.68. The number of aliphatic hydroxyl groups excluding tert-OH is 1. The van der Waals surface area contributed by atoms with Gasteiger partial charge in [-0.15, -0.1) is 0 Å². The highest BCUT2D eigenvalue weighted by Crippen LogP contribution is 2.32. The van der Waals surface area contributed by atoms with E-state index in [2.05, 4.69) is 5.32 Å². The zero-order chi connectivity index (χ0) is 21.5. The van der Waals surface area contributed by atoms with E-state index in [4.69, 9.17) is 17.0 Å². The molecular formula is C22H22N2O4S2. The van der Waals surface area contributed by atoms with Gasteiger partial charge in [0.05, 0.1) is 24.7 Å². The highest BCUT2D eigenvalue weighted by molar-refractivity contribution is 8.26. The minimum atomic E-state index is -0.439. The molecule has 0 bridgehead atoms. The molecule has 156 valence electrons. The van der Waals surface area contributed by atoms with Crippen LogP contribution in [0.25, 0.3) is 6.08 Å². The van der Waals surface area contributed by atoms with E-state index in [0.29, 0.717) is 21.4 Å². The monoisotopic (exact) mass is 442 g/mol. The fraction of sp³-hybridized carbons (Fsp3) is 0.227. The number of thiocarbonyl (C=S) groups is 1. The van der Waals surface area contributed by atoms with Crippen molar-refractivity contribution >= 4 is 46.2 Å². The Balaban J connectivity index is 1.63. The molecule has 1 heterocycles. The van der Waals surface area contributed by atoms with Gasteiger partial charge in [0.2, 0.25) is 5.91 Å². The molecule has 1 fully saturated rings. The number of rotatable bonds is 8. The molecule has 2 amide bonds. The minimum absolute atomic E-state index is 0.189. The van der Waals surface area contributed by atoms with Crippen LogP contribution in [0.15, 0.2) is 59.5 Å². The second-order valence-electron chi connectivity index (χ2n) is 6.68. The Labute approximate surface area is 184 Å². The molecule has 6 nitrogen and oxygen atoms in total. The fourth-order valence-electron chi connectivity index (χ4n) is 3.00. The Morgan fingerprint density at radius 2 is 2.03 bits per heavy atom. The number of nitrogens with zero attached hydrogens (tertiary/aromatic N) is 1. The average molecular weight is 443 g/mol. The molecule has 0 saturated carbocycles. The molecule has 8 heteroatoms. The largest absolute Gasteiger partial charge is 0.497 e. The van der Waals surface area contributed by atoms with Crippen molar-refractivity contribution in [3.05, 3.63) is 70.6 Å². The molecule has 2 aromatic carbocycles. The fourth-order valence-corrected chi connectivity index (χ4v) is 4.25. The molecule has 2 aromatic rings. The lowest BCUT2D eigenvalue weighted by Crippen LogP contribution is -2.45. The summed E-state index contributed by atoms with van der Waals surface area (Å²) in [5.74, 6) is 0.00237. The zero-order valence-electron chi connectivity index (χ0n) is 16.4. The van der Waals surface area contributed by atoms with Crippen LogP contribution in [0.1, 0.15) is 11.1 Å². The van der Waals surface area contributed by atoms with Crippen LogP contribution < -0.4 is 10.1 Å². The minimum Gasteiger partial charge on any atom is -0.497 e. The highest BCUT2D eigenvalue weighted by atomic mass is 32.2. The van der Waals surface area contributed by atoms with Crippen molar-refractivity contribution in [1.82, 2.24) is 10.2 Å². The van der Waals surface area contributed by atoms with Gasteiger partial charge in [-0.3, -0.25) is 14.5 Å². The maximum Gasteiger partial charge on any atom is 0.266 e. The van der Waals surface area contributed by atoms with E-state index in [1.807, 2.05) is 54.6 Å². The number of benzene rings is 2. The van der Waals surface area contributed by atoms with E-state index < -0.39 is 6.04 Å². The van der Waals surface area contributed by atoms with Gasteiger partial charge in [-0.25, -0.2) is 0 Å². The second kappa shape index (κ2) is 10.4. The molecule has 1 saturated heterocycles. The number of carbonyl (C=O) groups is 2. The number of nitrogens with one attached hydrogen (secondary N) is 1. The Bertz CT molecular complexity index is 963. The van der Waals surface area contributed by atoms with Crippen molar-refractivity contribution in [2.24, 2.45) is 0 Å². The predicted octanol–water partition coefficient (Wildman–Crippen LogP) is 2.62. The quantitative estimate of drug-likeness (QED) is 0.483. The van der Waals surface area contributed by atoms with Crippen molar-refractivity contribution in [1.29, 1.82) is 0 Å². The molecule has 30 heavy (non-hydrogen) atoms. The summed E-state index contributed by atoms with van der Waals surface area (Å²) < 4.78 is 5.53. The Kier molecular flexibility index (Phi) is 7.62. The lowest BCUT2D eigenvalue weighted by Gasteiger charge is -2.19. The first-order valence-electron chi connectivity index (χ1n) is 9.33. The first-order chi connectivity index (χ1) is 14.5. The number of thioether (sulfide) groups is 1. The highest BCUT2D eigenvalue weighted by Gasteiger charge is 2.33. The third-order valence-corrected chi connectivity index (χ3v) is 5.86. The molecule has 1 unspecified atom stereocenters. The van der Waals surface area contributed by atoms with Gasteiger partial charge in [0.1, 0.15) is 16.6 Å². The number of amides is 2. The number of hydrogen-bond donors (Lipinski definition) is 2. The van der Waals surface area contributed by atoms with Gasteiger partial charge in [0, 0.05) is 0 Å². The number of aliphatic hydroxyl groups is 1. The number of hydrogen-bond acceptors (Lipinski definition) is 6. The van der Waals surface area contributed by atoms with Crippen LogP contribution in [0.4, 0.5) is 0 Å². The van der Waals surface area contributed by atoms with Gasteiger partial charge in [0.25, 0.3) is 5.91 Å². The Morgan fingerprint density at radius 3 is 2.73 bits per heavy atom. The summed E-state index contributed by atoms with van der Waals surface area (Å²) in [4.78, 5) is 26.9. The first-order valence-corrected chi connectivity index (χ1v) is 10.6. The second-order valence-corrected chi connectivity index (χ2v) is 8.36. The van der Waals surface area contributed by atoms with Crippen LogP contribution >= 0.6 is 24.0 Å². The first kappa shape index (κ1) is 22.0. The molecule has 1 atom stereocenters. The normalized spacial score (nSPS) is 16.1. The number of methoxy groups -OCH3 is 1. The van der Waals surface area contributed by atoms with Crippen molar-refractivity contribution in [2.45, 2.75) is 12.5 Å². The number of carbonyl (C=O) groups excluding carboxylic acids is 2. The molecule has 0 aliphatic carbocycles. The average Bonchev–Trinajstić information content (AvgIpc) is 3.01. The van der Waals surface area contributed by atoms with Crippen molar-refractivity contribution in [3.8, 4) is 5.75 Å². The molecule has 2 N–H and O–H groups in total. The van der Waals surface area contributed by atoms with E-state index in [9.17, 15) is 14.7 Å². The third kappa shape index (κ3) is 5.69. The van der Waals surface area contributed by atoms with Crippen LogP contribution in [0.3, 0.4) is 0 Å². The summed E-state index contributed by atoms with van der Waals surface area (Å²) in [5.41, 5.74) is 1.81. The molecule has 1 aliphatic rings. The number of ether oxygens (including phenoxy) is 1. The van der Waals surface area contributed by atoms with E-state index in [-0.39, 0.29) is 25.0 Å². The maximum absolute atomic E-state index is 12.7. The van der Waals surface area contributed by atoms with Gasteiger partial charge in [-0.2, -0.15) is 0 Å². The summed E-state index contributed by atoms with van der Waals surface area (Å²) >= 11 is 6.46. The van der Waals surface area contributed by atoms with E-state index in [1.165, 1.54) is 4.90 Å². The van der Waals surface area contributed by atoms with Crippen LogP contribution in [-0.4, -0.2) is 52.4 Å². The topological polar surface area (TPSA) is 78.9 Å². The molecule has 0 aromatic heterocycles. The smallest absolute Gasteiger partial charge is 0.266 e. The van der Waals surface area contributed by atoms with Gasteiger partial charge >= 0.3 is 0 Å². The lowest BCUT2D eigenvalue weighted by molar-refractivity contribution is -0.129. The SMILES string of the molecule is COc1cccc(C=C2SC(=S)N(CC(=O)NC(CO)Cc3ccccc3)C2=O)c1. The van der Waals surface area contributed by atoms with Gasteiger partial charge in [-0.05, 0) is 35.8 Å². The summed E-state index contributed by atoms with van der Waals surface area (Å²) in [7, 11) is 1.58. The lowest BCUT2D eigenvalue weighted by atomic mass is 10.1. The van der Waals surface area contributed by atoms with Crippen LogP contribution in [0.2, 0.25) is 0 Å². The predicted molar refractivity (Wildman–Crippen MR) is 122 cm³/mol. The standard InChI is InChI=1S/C22H22N2O4S2/c1-28-18-9-5-8-16(11-18)12-19-21(27)24(22(29)30-19)13-20(26)23-17(14-25)10-15-6-3-2-4-7-15/h2-9,11-12,17,25H,10,13-14H2,1H3,(H,23,26).